The van der Waals surface area contributed by atoms with Crippen molar-refractivity contribution >= 4 is 5.97 Å². The summed E-state index contributed by atoms with van der Waals surface area (Å²) in [5, 5.41) is 0. The van der Waals surface area contributed by atoms with Gasteiger partial charge in [0.1, 0.15) is 0 Å². The Hall–Kier alpha value is -0.530. The molecule has 0 aliphatic heterocycles. The summed E-state index contributed by atoms with van der Waals surface area (Å²) in [6, 6.07) is 0. The van der Waals surface area contributed by atoms with Gasteiger partial charge in [-0.25, -0.2) is 0 Å². The van der Waals surface area contributed by atoms with Crippen molar-refractivity contribution in [1.82, 2.24) is 0 Å². The Morgan fingerprint density at radius 3 is 0.589 bits per heavy atom. The summed E-state index contributed by atoms with van der Waals surface area (Å²) in [5.41, 5.74) is 0. The molecule has 0 aromatic carbocycles. The fraction of sp³-hybridized carbons (Fsp3) is 0.981. The average molecular weight is 789 g/mol. The van der Waals surface area contributed by atoms with Gasteiger partial charge in [-0.3, -0.25) is 4.79 Å². The van der Waals surface area contributed by atoms with E-state index in [0.29, 0.717) is 13.0 Å². The van der Waals surface area contributed by atoms with Gasteiger partial charge in [0, 0.05) is 6.42 Å². The smallest absolute Gasteiger partial charge is 0.305 e. The van der Waals surface area contributed by atoms with Gasteiger partial charge in [-0.1, -0.05) is 316 Å². The lowest BCUT2D eigenvalue weighted by Gasteiger charge is -2.06. The lowest BCUT2D eigenvalue weighted by molar-refractivity contribution is -0.143. The quantitative estimate of drug-likeness (QED) is 0.0453. The number of ether oxygens (including phenoxy) is 1. The number of esters is 1. The molecule has 0 aliphatic carbocycles. The summed E-state index contributed by atoms with van der Waals surface area (Å²) in [6.45, 7) is 5.24. The van der Waals surface area contributed by atoms with Gasteiger partial charge in [0.2, 0.25) is 0 Å². The van der Waals surface area contributed by atoms with E-state index in [-0.39, 0.29) is 5.97 Å². The summed E-state index contributed by atoms with van der Waals surface area (Å²) in [6.07, 6.45) is 69.8. The molecule has 0 atom stereocenters. The largest absolute Gasteiger partial charge is 0.466 e. The van der Waals surface area contributed by atoms with E-state index in [2.05, 4.69) is 13.8 Å². The molecule has 0 fully saturated rings. The SMILES string of the molecule is CCCCCCCCCCCCCCCCCCCCCCCCCCCCCCCCCCCC(=O)OCCCCCCCCCCCCCCCCCC. The zero-order valence-corrected chi connectivity index (χ0v) is 39.4. The molecule has 0 heterocycles. The molecule has 0 bridgehead atoms. The minimum atomic E-state index is 0.0340. The average Bonchev–Trinajstić information content (AvgIpc) is 3.20. The summed E-state index contributed by atoms with van der Waals surface area (Å²) in [7, 11) is 0. The van der Waals surface area contributed by atoms with E-state index in [4.69, 9.17) is 4.74 Å². The minimum absolute atomic E-state index is 0.0340. The van der Waals surface area contributed by atoms with Crippen molar-refractivity contribution in [3.05, 3.63) is 0 Å². The molecular formula is C54H108O2. The Kier molecular flexibility index (Phi) is 52.0. The summed E-state index contributed by atoms with van der Waals surface area (Å²) in [4.78, 5) is 12.1. The van der Waals surface area contributed by atoms with Crippen LogP contribution in [0.15, 0.2) is 0 Å². The van der Waals surface area contributed by atoms with E-state index in [0.717, 1.165) is 12.8 Å². The van der Waals surface area contributed by atoms with Crippen LogP contribution in [0.1, 0.15) is 335 Å². The van der Waals surface area contributed by atoms with Crippen molar-refractivity contribution in [2.24, 2.45) is 0 Å². The van der Waals surface area contributed by atoms with Crippen LogP contribution in [0.5, 0.6) is 0 Å². The highest BCUT2D eigenvalue weighted by molar-refractivity contribution is 5.69. The Morgan fingerprint density at radius 1 is 0.232 bits per heavy atom. The van der Waals surface area contributed by atoms with Gasteiger partial charge in [0.15, 0.2) is 0 Å². The zero-order valence-electron chi connectivity index (χ0n) is 39.4. The molecule has 2 heteroatoms. The van der Waals surface area contributed by atoms with Crippen molar-refractivity contribution in [2.45, 2.75) is 335 Å². The Labute approximate surface area is 355 Å². The molecule has 0 amide bonds. The monoisotopic (exact) mass is 789 g/mol. The molecule has 0 aliphatic rings. The third kappa shape index (κ3) is 51.5. The second kappa shape index (κ2) is 52.5. The molecule has 0 saturated carbocycles. The maximum absolute atomic E-state index is 12.1. The highest BCUT2D eigenvalue weighted by Gasteiger charge is 2.03. The lowest BCUT2D eigenvalue weighted by atomic mass is 10.0. The van der Waals surface area contributed by atoms with Crippen LogP contribution in [0, 0.1) is 0 Å². The predicted molar refractivity (Wildman–Crippen MR) is 253 cm³/mol. The van der Waals surface area contributed by atoms with Crippen LogP contribution in [-0.4, -0.2) is 12.6 Å². The number of hydrogen-bond acceptors (Lipinski definition) is 2. The fourth-order valence-corrected chi connectivity index (χ4v) is 8.73. The predicted octanol–water partition coefficient (Wildman–Crippen LogP) is 20.1. The van der Waals surface area contributed by atoms with Crippen LogP contribution < -0.4 is 0 Å². The molecule has 0 spiro atoms. The third-order valence-electron chi connectivity index (χ3n) is 12.7. The van der Waals surface area contributed by atoms with Gasteiger partial charge < -0.3 is 4.74 Å². The van der Waals surface area contributed by atoms with E-state index in [1.165, 1.54) is 302 Å². The molecule has 336 valence electrons. The van der Waals surface area contributed by atoms with Gasteiger partial charge in [0.05, 0.1) is 6.61 Å². The molecule has 2 nitrogen and oxygen atoms in total. The Balaban J connectivity index is 3.13. The van der Waals surface area contributed by atoms with Crippen LogP contribution in [0.2, 0.25) is 0 Å². The summed E-state index contributed by atoms with van der Waals surface area (Å²) < 4.78 is 5.49. The van der Waals surface area contributed by atoms with Crippen LogP contribution in [0.3, 0.4) is 0 Å². The summed E-state index contributed by atoms with van der Waals surface area (Å²) >= 11 is 0. The van der Waals surface area contributed by atoms with Crippen molar-refractivity contribution in [3.8, 4) is 0 Å². The van der Waals surface area contributed by atoms with E-state index in [9.17, 15) is 4.79 Å². The topological polar surface area (TPSA) is 26.3 Å². The number of unbranched alkanes of at least 4 members (excludes halogenated alkanes) is 47. The molecule has 0 N–H and O–H groups in total. The first-order valence-corrected chi connectivity index (χ1v) is 27.0. The maximum Gasteiger partial charge on any atom is 0.305 e. The molecule has 0 aromatic rings. The number of hydrogen-bond donors (Lipinski definition) is 0. The van der Waals surface area contributed by atoms with Crippen molar-refractivity contribution < 1.29 is 9.53 Å². The molecule has 56 heavy (non-hydrogen) atoms. The van der Waals surface area contributed by atoms with Gasteiger partial charge >= 0.3 is 5.97 Å². The lowest BCUT2D eigenvalue weighted by Crippen LogP contribution is -2.05. The molecule has 0 unspecified atom stereocenters. The number of rotatable bonds is 51. The zero-order chi connectivity index (χ0) is 40.3. The highest BCUT2D eigenvalue weighted by Crippen LogP contribution is 2.18. The number of carbonyl (C=O) groups is 1. The van der Waals surface area contributed by atoms with Crippen LogP contribution >= 0.6 is 0 Å². The first-order valence-electron chi connectivity index (χ1n) is 27.0. The standard InChI is InChI=1S/C54H108O2/c1-3-5-7-9-11-13-15-17-19-21-22-23-24-25-26-27-28-29-30-31-32-33-34-35-36-37-38-40-42-44-46-48-50-52-54(55)56-53-51-49-47-45-43-41-39-20-18-16-14-12-10-8-6-4-2/h3-53H2,1-2H3. The van der Waals surface area contributed by atoms with Gasteiger partial charge in [-0.2, -0.15) is 0 Å². The van der Waals surface area contributed by atoms with E-state index < -0.39 is 0 Å². The van der Waals surface area contributed by atoms with Crippen molar-refractivity contribution in [2.75, 3.05) is 6.61 Å². The second-order valence-corrected chi connectivity index (χ2v) is 18.6. The Morgan fingerprint density at radius 2 is 0.393 bits per heavy atom. The van der Waals surface area contributed by atoms with E-state index in [1.54, 1.807) is 0 Å². The van der Waals surface area contributed by atoms with Crippen LogP contribution in [-0.2, 0) is 9.53 Å². The summed E-state index contributed by atoms with van der Waals surface area (Å²) in [5.74, 6) is 0.0340. The van der Waals surface area contributed by atoms with Crippen LogP contribution in [0.4, 0.5) is 0 Å². The van der Waals surface area contributed by atoms with Crippen molar-refractivity contribution in [1.29, 1.82) is 0 Å². The normalized spacial score (nSPS) is 11.5. The van der Waals surface area contributed by atoms with Gasteiger partial charge in [-0.15, -0.1) is 0 Å². The minimum Gasteiger partial charge on any atom is -0.466 e. The Bertz CT molecular complexity index is 688. The third-order valence-corrected chi connectivity index (χ3v) is 12.7. The van der Waals surface area contributed by atoms with Crippen molar-refractivity contribution in [3.63, 3.8) is 0 Å². The molecule has 0 rings (SSSR count). The van der Waals surface area contributed by atoms with Gasteiger partial charge in [-0.05, 0) is 12.8 Å². The first-order chi connectivity index (χ1) is 27.8. The van der Waals surface area contributed by atoms with Crippen LogP contribution in [0.25, 0.3) is 0 Å². The number of carbonyl (C=O) groups excluding carboxylic acids is 1. The molecule has 0 radical (unpaired) electrons. The fourth-order valence-electron chi connectivity index (χ4n) is 8.73. The molecule has 0 saturated heterocycles. The first kappa shape index (κ1) is 55.5. The molecular weight excluding hydrogens is 681 g/mol. The maximum atomic E-state index is 12.1. The van der Waals surface area contributed by atoms with Gasteiger partial charge in [0.25, 0.3) is 0 Å². The second-order valence-electron chi connectivity index (χ2n) is 18.6. The highest BCUT2D eigenvalue weighted by atomic mass is 16.5. The van der Waals surface area contributed by atoms with E-state index >= 15 is 0 Å². The molecule has 0 aromatic heterocycles. The van der Waals surface area contributed by atoms with E-state index in [1.807, 2.05) is 0 Å².